The smallest absolute Gasteiger partial charge is 0.256 e. The number of carbonyl (C=O) groups is 3. The maximum Gasteiger partial charge on any atom is 0.256 e. The molecule has 11 heteroatoms. The third kappa shape index (κ3) is 5.02. The summed E-state index contributed by atoms with van der Waals surface area (Å²) in [6.45, 7) is 6.91. The number of H-pyrrole nitrogens is 1. The predicted octanol–water partition coefficient (Wildman–Crippen LogP) is 1.87. The van der Waals surface area contributed by atoms with Gasteiger partial charge in [-0.15, -0.1) is 0 Å². The van der Waals surface area contributed by atoms with E-state index in [4.69, 9.17) is 9.47 Å². The van der Waals surface area contributed by atoms with E-state index in [1.54, 1.807) is 6.08 Å². The summed E-state index contributed by atoms with van der Waals surface area (Å²) in [5.41, 5.74) is 3.90. The fourth-order valence-electron chi connectivity index (χ4n) is 5.02. The number of benzene rings is 1. The lowest BCUT2D eigenvalue weighted by molar-refractivity contribution is -0.119. The number of nitrogens with one attached hydrogen (secondary N) is 3. The first-order chi connectivity index (χ1) is 17.9. The molecule has 0 radical (unpaired) electrons. The molecule has 1 saturated heterocycles. The molecule has 1 aromatic heterocycles. The number of morpholine rings is 1. The lowest BCUT2D eigenvalue weighted by atomic mass is 10.0. The van der Waals surface area contributed by atoms with Gasteiger partial charge in [0.1, 0.15) is 12.4 Å². The average molecular weight is 512 g/mol. The fourth-order valence-corrected chi connectivity index (χ4v) is 5.02. The third-order valence-corrected chi connectivity index (χ3v) is 7.02. The van der Waals surface area contributed by atoms with Gasteiger partial charge in [-0.2, -0.15) is 0 Å². The molecule has 0 aliphatic carbocycles. The minimum absolute atomic E-state index is 0.0216. The first-order valence-corrected chi connectivity index (χ1v) is 12.3. The number of fused-ring (bicyclic) bond motifs is 2. The number of rotatable bonds is 7. The minimum atomic E-state index is -0.667. The van der Waals surface area contributed by atoms with Crippen molar-refractivity contribution in [1.82, 2.24) is 14.8 Å². The van der Waals surface area contributed by atoms with Crippen molar-refractivity contribution in [1.29, 1.82) is 0 Å². The zero-order valence-corrected chi connectivity index (χ0v) is 20.9. The predicted molar refractivity (Wildman–Crippen MR) is 136 cm³/mol. The number of halogens is 1. The Morgan fingerprint density at radius 1 is 1.22 bits per heavy atom. The number of hydrogen-bond acceptors (Lipinski definition) is 6. The topological polar surface area (TPSA) is 116 Å². The molecule has 0 atom stereocenters. The van der Waals surface area contributed by atoms with E-state index in [1.807, 2.05) is 11.8 Å². The van der Waals surface area contributed by atoms with Crippen LogP contribution in [0.15, 0.2) is 12.1 Å². The number of anilines is 2. The minimum Gasteiger partial charge on any atom is -0.379 e. The average Bonchev–Trinajstić information content (AvgIpc) is 3.35. The van der Waals surface area contributed by atoms with Crippen molar-refractivity contribution in [3.63, 3.8) is 0 Å². The molecule has 3 aliphatic heterocycles. The van der Waals surface area contributed by atoms with Gasteiger partial charge in [-0.05, 0) is 30.7 Å². The Balaban J connectivity index is 1.37. The molecule has 37 heavy (non-hydrogen) atoms. The summed E-state index contributed by atoms with van der Waals surface area (Å²) in [6.07, 6.45) is 2.35. The molecule has 0 bridgehead atoms. The SMILES string of the molecule is COCC(=O)Nc1cc2c(cc1F)/C(=C/c1[nH]c3c(c1C)C(=O)N(CCN1CCOCC1)CC3)C(=O)N2. The van der Waals surface area contributed by atoms with Gasteiger partial charge < -0.3 is 30.0 Å². The van der Waals surface area contributed by atoms with Crippen LogP contribution < -0.4 is 10.6 Å². The van der Waals surface area contributed by atoms with E-state index in [-0.39, 0.29) is 29.7 Å². The van der Waals surface area contributed by atoms with Crippen LogP contribution in [-0.4, -0.2) is 92.2 Å². The highest BCUT2D eigenvalue weighted by Gasteiger charge is 2.31. The summed E-state index contributed by atoms with van der Waals surface area (Å²) in [7, 11) is 1.37. The molecule has 1 aromatic carbocycles. The monoisotopic (exact) mass is 511 g/mol. The van der Waals surface area contributed by atoms with Crippen LogP contribution in [0.1, 0.15) is 32.9 Å². The molecule has 0 spiro atoms. The van der Waals surface area contributed by atoms with E-state index in [2.05, 4.69) is 20.5 Å². The van der Waals surface area contributed by atoms with Crippen molar-refractivity contribution >= 4 is 40.7 Å². The van der Waals surface area contributed by atoms with E-state index in [9.17, 15) is 18.8 Å². The van der Waals surface area contributed by atoms with Gasteiger partial charge in [0.15, 0.2) is 0 Å². The van der Waals surface area contributed by atoms with Gasteiger partial charge in [-0.25, -0.2) is 4.39 Å². The van der Waals surface area contributed by atoms with Crippen LogP contribution in [0.2, 0.25) is 0 Å². The Morgan fingerprint density at radius 3 is 2.76 bits per heavy atom. The molecule has 0 unspecified atom stereocenters. The molecule has 196 valence electrons. The maximum absolute atomic E-state index is 14.8. The zero-order chi connectivity index (χ0) is 26.1. The second-order valence-electron chi connectivity index (χ2n) is 9.38. The van der Waals surface area contributed by atoms with Gasteiger partial charge in [-0.3, -0.25) is 19.3 Å². The van der Waals surface area contributed by atoms with Crippen molar-refractivity contribution in [2.45, 2.75) is 13.3 Å². The largest absolute Gasteiger partial charge is 0.379 e. The summed E-state index contributed by atoms with van der Waals surface area (Å²) in [6, 6.07) is 2.61. The fraction of sp³-hybridized carbons (Fsp3) is 0.423. The van der Waals surface area contributed by atoms with Crippen LogP contribution in [0, 0.1) is 12.7 Å². The van der Waals surface area contributed by atoms with E-state index in [0.717, 1.165) is 44.1 Å². The van der Waals surface area contributed by atoms with Gasteiger partial charge in [0, 0.05) is 63.2 Å². The van der Waals surface area contributed by atoms with Crippen LogP contribution in [-0.2, 0) is 25.5 Å². The molecule has 5 rings (SSSR count). The number of amides is 3. The lowest BCUT2D eigenvalue weighted by Crippen LogP contribution is -2.45. The third-order valence-electron chi connectivity index (χ3n) is 7.02. The molecule has 3 aliphatic rings. The molecule has 0 saturated carbocycles. The van der Waals surface area contributed by atoms with Crippen LogP contribution in [0.4, 0.5) is 15.8 Å². The zero-order valence-electron chi connectivity index (χ0n) is 20.9. The molecule has 4 heterocycles. The standard InChI is InChI=1S/C26H30FN5O5/c1-15-20(28-19-3-4-32(26(35)24(15)19)6-5-31-7-9-37-10-8-31)12-17-16-11-18(27)22(29-23(33)14-36-2)13-21(16)30-25(17)34/h11-13,28H,3-10,14H2,1-2H3,(H,29,33)(H,30,34)/b17-12-. The summed E-state index contributed by atoms with van der Waals surface area (Å²) >= 11 is 0. The van der Waals surface area contributed by atoms with Crippen molar-refractivity contribution < 1.29 is 28.2 Å². The van der Waals surface area contributed by atoms with Crippen molar-refractivity contribution in [2.24, 2.45) is 0 Å². The Morgan fingerprint density at radius 2 is 2.00 bits per heavy atom. The number of carbonyl (C=O) groups excluding carboxylic acids is 3. The maximum atomic E-state index is 14.8. The van der Waals surface area contributed by atoms with Crippen molar-refractivity contribution in [3.8, 4) is 0 Å². The first-order valence-electron chi connectivity index (χ1n) is 12.3. The van der Waals surface area contributed by atoms with Crippen LogP contribution >= 0.6 is 0 Å². The Kier molecular flexibility index (Phi) is 7.09. The summed E-state index contributed by atoms with van der Waals surface area (Å²) in [5.74, 6) is -1.58. The second kappa shape index (κ2) is 10.4. The molecule has 3 amide bonds. The van der Waals surface area contributed by atoms with Crippen LogP contribution in [0.5, 0.6) is 0 Å². The Hall–Kier alpha value is -3.54. The van der Waals surface area contributed by atoms with Crippen LogP contribution in [0.25, 0.3) is 11.6 Å². The molecule has 1 fully saturated rings. The first kappa shape index (κ1) is 25.1. The van der Waals surface area contributed by atoms with Gasteiger partial charge >= 0.3 is 0 Å². The van der Waals surface area contributed by atoms with Crippen LogP contribution in [0.3, 0.4) is 0 Å². The molecular formula is C26H30FN5O5. The second-order valence-corrected chi connectivity index (χ2v) is 9.38. The number of aromatic amines is 1. The number of hydrogen-bond donors (Lipinski definition) is 3. The Bertz CT molecular complexity index is 1280. The number of nitrogens with zero attached hydrogens (tertiary/aromatic N) is 2. The summed E-state index contributed by atoms with van der Waals surface area (Å²) < 4.78 is 24.9. The van der Waals surface area contributed by atoms with E-state index in [0.29, 0.717) is 42.0 Å². The highest BCUT2D eigenvalue weighted by Crippen LogP contribution is 2.37. The number of ether oxygens (including phenoxy) is 2. The highest BCUT2D eigenvalue weighted by atomic mass is 19.1. The number of aromatic nitrogens is 1. The quantitative estimate of drug-likeness (QED) is 0.489. The molecule has 2 aromatic rings. The van der Waals surface area contributed by atoms with Crippen molar-refractivity contribution in [3.05, 3.63) is 46.0 Å². The van der Waals surface area contributed by atoms with Gasteiger partial charge in [0.2, 0.25) is 5.91 Å². The summed E-state index contributed by atoms with van der Waals surface area (Å²) in [4.78, 5) is 45.4. The number of methoxy groups -OCH3 is 1. The molecular weight excluding hydrogens is 481 g/mol. The van der Waals surface area contributed by atoms with E-state index in [1.165, 1.54) is 19.2 Å². The molecule has 10 nitrogen and oxygen atoms in total. The van der Waals surface area contributed by atoms with Gasteiger partial charge in [-0.1, -0.05) is 0 Å². The highest BCUT2D eigenvalue weighted by molar-refractivity contribution is 6.35. The summed E-state index contributed by atoms with van der Waals surface area (Å²) in [5, 5.41) is 5.16. The van der Waals surface area contributed by atoms with Gasteiger partial charge in [0.05, 0.1) is 35.7 Å². The normalized spacial score (nSPS) is 18.7. The molecule has 3 N–H and O–H groups in total. The van der Waals surface area contributed by atoms with Gasteiger partial charge in [0.25, 0.3) is 11.8 Å². The van der Waals surface area contributed by atoms with Crippen molar-refractivity contribution in [2.75, 3.05) is 70.3 Å². The Labute approximate surface area is 213 Å². The van der Waals surface area contributed by atoms with E-state index < -0.39 is 11.7 Å². The lowest BCUT2D eigenvalue weighted by Gasteiger charge is -2.32. The van der Waals surface area contributed by atoms with E-state index >= 15 is 0 Å².